The minimum Gasteiger partial charge on any atom is -0.448 e. The first-order valence-corrected chi connectivity index (χ1v) is 6.76. The number of nitrogens with zero attached hydrogens (tertiary/aromatic N) is 2. The van der Waals surface area contributed by atoms with E-state index in [9.17, 15) is 9.90 Å². The number of rotatable bonds is 2. The van der Waals surface area contributed by atoms with E-state index < -0.39 is 11.8 Å². The van der Waals surface area contributed by atoms with E-state index in [2.05, 4.69) is 21.0 Å². The Labute approximate surface area is 120 Å². The summed E-state index contributed by atoms with van der Waals surface area (Å²) in [5.74, 6) is 0. The van der Waals surface area contributed by atoms with Crippen molar-refractivity contribution in [3.63, 3.8) is 0 Å². The van der Waals surface area contributed by atoms with E-state index in [0.717, 1.165) is 9.48 Å². The van der Waals surface area contributed by atoms with Gasteiger partial charge in [0.25, 0.3) is 0 Å². The number of hydrazone groups is 1. The van der Waals surface area contributed by atoms with Gasteiger partial charge in [-0.15, -0.1) is 0 Å². The minimum atomic E-state index is -1.48. The van der Waals surface area contributed by atoms with Gasteiger partial charge in [0, 0.05) is 22.2 Å². The standard InChI is InChI=1S/C13H15BrN2O3/c1-3-19-12(17)16-13(18,8-9(2)15-16)10-4-6-11(14)7-5-10/h4-7,18H,3,8H2,1-2H3/t13-/m0/s1. The summed E-state index contributed by atoms with van der Waals surface area (Å²) in [5, 5.41) is 15.9. The number of hydrogen-bond donors (Lipinski definition) is 1. The van der Waals surface area contributed by atoms with E-state index >= 15 is 0 Å². The molecular formula is C13H15BrN2O3. The van der Waals surface area contributed by atoms with Crippen LogP contribution in [-0.2, 0) is 10.5 Å². The predicted octanol–water partition coefficient (Wildman–Crippen LogP) is 2.83. The third-order valence-corrected chi connectivity index (χ3v) is 3.40. The lowest BCUT2D eigenvalue weighted by atomic mass is 9.98. The van der Waals surface area contributed by atoms with Gasteiger partial charge < -0.3 is 9.84 Å². The first-order valence-electron chi connectivity index (χ1n) is 5.97. The first kappa shape index (κ1) is 14.0. The van der Waals surface area contributed by atoms with Crippen molar-refractivity contribution in [1.29, 1.82) is 0 Å². The fourth-order valence-corrected chi connectivity index (χ4v) is 2.30. The Bertz CT molecular complexity index is 515. The fourth-order valence-electron chi connectivity index (χ4n) is 2.04. The molecule has 1 aliphatic rings. The summed E-state index contributed by atoms with van der Waals surface area (Å²) in [6.45, 7) is 3.71. The third kappa shape index (κ3) is 2.64. The summed E-state index contributed by atoms with van der Waals surface area (Å²) >= 11 is 3.34. The molecule has 1 heterocycles. The van der Waals surface area contributed by atoms with Crippen LogP contribution in [0.15, 0.2) is 33.8 Å². The molecule has 0 aliphatic carbocycles. The molecule has 5 nitrogen and oxygen atoms in total. The maximum Gasteiger partial charge on any atom is 0.433 e. The molecule has 0 saturated carbocycles. The molecule has 1 amide bonds. The average molecular weight is 327 g/mol. The first-order chi connectivity index (χ1) is 8.97. The van der Waals surface area contributed by atoms with Gasteiger partial charge in [0.1, 0.15) is 0 Å². The molecule has 19 heavy (non-hydrogen) atoms. The van der Waals surface area contributed by atoms with Gasteiger partial charge in [0.05, 0.1) is 6.61 Å². The van der Waals surface area contributed by atoms with Crippen molar-refractivity contribution < 1.29 is 14.6 Å². The fraction of sp³-hybridized carbons (Fsp3) is 0.385. The zero-order chi connectivity index (χ0) is 14.0. The van der Waals surface area contributed by atoms with Crippen LogP contribution >= 0.6 is 15.9 Å². The van der Waals surface area contributed by atoms with Crippen molar-refractivity contribution in [2.24, 2.45) is 5.10 Å². The van der Waals surface area contributed by atoms with E-state index in [1.54, 1.807) is 26.0 Å². The molecule has 2 rings (SSSR count). The number of ether oxygens (including phenoxy) is 1. The van der Waals surface area contributed by atoms with Crippen molar-refractivity contribution in [2.75, 3.05) is 6.61 Å². The van der Waals surface area contributed by atoms with Gasteiger partial charge in [0.2, 0.25) is 0 Å². The lowest BCUT2D eigenvalue weighted by Gasteiger charge is -2.30. The van der Waals surface area contributed by atoms with E-state index in [4.69, 9.17) is 4.74 Å². The Morgan fingerprint density at radius 1 is 1.53 bits per heavy atom. The highest BCUT2D eigenvalue weighted by Crippen LogP contribution is 2.36. The number of carbonyl (C=O) groups is 1. The van der Waals surface area contributed by atoms with Crippen molar-refractivity contribution >= 4 is 27.7 Å². The smallest absolute Gasteiger partial charge is 0.433 e. The number of aliphatic hydroxyl groups is 1. The number of carbonyl (C=O) groups excluding carboxylic acids is 1. The molecule has 1 atom stereocenters. The summed E-state index contributed by atoms with van der Waals surface area (Å²) in [5.41, 5.74) is -0.195. The number of amides is 1. The highest BCUT2D eigenvalue weighted by atomic mass is 79.9. The van der Waals surface area contributed by atoms with Crippen LogP contribution in [0.25, 0.3) is 0 Å². The van der Waals surface area contributed by atoms with Gasteiger partial charge in [0.15, 0.2) is 5.72 Å². The topological polar surface area (TPSA) is 62.1 Å². The van der Waals surface area contributed by atoms with Crippen LogP contribution in [0.2, 0.25) is 0 Å². The summed E-state index contributed by atoms with van der Waals surface area (Å²) in [6, 6.07) is 7.13. The number of halogens is 1. The molecule has 0 saturated heterocycles. The molecule has 0 fully saturated rings. The second-order valence-corrected chi connectivity index (χ2v) is 5.26. The molecule has 6 heteroatoms. The highest BCUT2D eigenvalue weighted by Gasteiger charge is 2.45. The maximum atomic E-state index is 11.9. The molecule has 0 spiro atoms. The molecule has 102 valence electrons. The summed E-state index contributed by atoms with van der Waals surface area (Å²) < 4.78 is 5.83. The quantitative estimate of drug-likeness (QED) is 0.908. The van der Waals surface area contributed by atoms with Crippen molar-refractivity contribution in [3.8, 4) is 0 Å². The van der Waals surface area contributed by atoms with Gasteiger partial charge in [-0.05, 0) is 26.0 Å². The molecule has 0 radical (unpaired) electrons. The average Bonchev–Trinajstić information content (AvgIpc) is 2.67. The molecule has 1 N–H and O–H groups in total. The predicted molar refractivity (Wildman–Crippen MR) is 74.6 cm³/mol. The Hall–Kier alpha value is -1.40. The lowest BCUT2D eigenvalue weighted by Crippen LogP contribution is -2.43. The number of benzene rings is 1. The second-order valence-electron chi connectivity index (χ2n) is 4.35. The van der Waals surface area contributed by atoms with Crippen molar-refractivity contribution in [2.45, 2.75) is 26.0 Å². The molecule has 1 aromatic rings. The SMILES string of the molecule is CCOC(=O)N1N=C(C)C[C@]1(O)c1ccc(Br)cc1. The molecular weight excluding hydrogens is 312 g/mol. The van der Waals surface area contributed by atoms with Gasteiger partial charge in [-0.1, -0.05) is 28.1 Å². The van der Waals surface area contributed by atoms with Crippen LogP contribution in [0.3, 0.4) is 0 Å². The van der Waals surface area contributed by atoms with Crippen LogP contribution in [0.4, 0.5) is 4.79 Å². The Balaban J connectivity index is 2.35. The Morgan fingerprint density at radius 3 is 2.74 bits per heavy atom. The monoisotopic (exact) mass is 326 g/mol. The van der Waals surface area contributed by atoms with E-state index in [0.29, 0.717) is 11.3 Å². The second kappa shape index (κ2) is 5.30. The normalized spacial score (nSPS) is 22.3. The van der Waals surface area contributed by atoms with Crippen LogP contribution in [0.5, 0.6) is 0 Å². The third-order valence-electron chi connectivity index (χ3n) is 2.87. The van der Waals surface area contributed by atoms with Gasteiger partial charge >= 0.3 is 6.09 Å². The van der Waals surface area contributed by atoms with Gasteiger partial charge in [-0.2, -0.15) is 10.1 Å². The molecule has 0 bridgehead atoms. The maximum absolute atomic E-state index is 11.9. The van der Waals surface area contributed by atoms with Crippen LogP contribution in [0.1, 0.15) is 25.8 Å². The van der Waals surface area contributed by atoms with Gasteiger partial charge in [-0.25, -0.2) is 4.79 Å². The molecule has 0 unspecified atom stereocenters. The highest BCUT2D eigenvalue weighted by molar-refractivity contribution is 9.10. The largest absolute Gasteiger partial charge is 0.448 e. The van der Waals surface area contributed by atoms with E-state index in [1.807, 2.05) is 12.1 Å². The minimum absolute atomic E-state index is 0.236. The van der Waals surface area contributed by atoms with E-state index in [1.165, 1.54) is 0 Å². The Kier molecular flexibility index (Phi) is 3.91. The van der Waals surface area contributed by atoms with Crippen molar-refractivity contribution in [3.05, 3.63) is 34.3 Å². The lowest BCUT2D eigenvalue weighted by molar-refractivity contribution is -0.0855. The Morgan fingerprint density at radius 2 is 2.16 bits per heavy atom. The van der Waals surface area contributed by atoms with Crippen LogP contribution in [-0.4, -0.2) is 28.5 Å². The molecule has 0 aromatic heterocycles. The van der Waals surface area contributed by atoms with E-state index in [-0.39, 0.29) is 13.0 Å². The number of hydrogen-bond acceptors (Lipinski definition) is 4. The molecule has 1 aliphatic heterocycles. The van der Waals surface area contributed by atoms with Gasteiger partial charge in [-0.3, -0.25) is 0 Å². The van der Waals surface area contributed by atoms with Crippen LogP contribution in [0, 0.1) is 0 Å². The van der Waals surface area contributed by atoms with Crippen molar-refractivity contribution in [1.82, 2.24) is 5.01 Å². The summed E-state index contributed by atoms with van der Waals surface area (Å²) in [7, 11) is 0. The zero-order valence-electron chi connectivity index (χ0n) is 10.8. The molecule has 1 aromatic carbocycles. The zero-order valence-corrected chi connectivity index (χ0v) is 12.3. The summed E-state index contributed by atoms with van der Waals surface area (Å²) in [6.07, 6.45) is -0.377. The summed E-state index contributed by atoms with van der Waals surface area (Å²) in [4.78, 5) is 11.9. The van der Waals surface area contributed by atoms with Crippen LogP contribution < -0.4 is 0 Å².